The number of imide groups is 1. The molecule has 3 rings (SSSR count). The summed E-state index contributed by atoms with van der Waals surface area (Å²) in [5.41, 5.74) is 0.852. The highest BCUT2D eigenvalue weighted by Gasteiger charge is 2.23. The Labute approximate surface area is 162 Å². The lowest BCUT2D eigenvalue weighted by molar-refractivity contribution is -0.117. The summed E-state index contributed by atoms with van der Waals surface area (Å²) in [6.45, 7) is 2.13. The van der Waals surface area contributed by atoms with Crippen LogP contribution in [-0.4, -0.2) is 43.5 Å². The molecule has 0 unspecified atom stereocenters. The quantitative estimate of drug-likeness (QED) is 0.763. The molecule has 9 heteroatoms. The molecule has 2 N–H and O–H groups in total. The Kier molecular flexibility index (Phi) is 6.44. The van der Waals surface area contributed by atoms with E-state index in [9.17, 15) is 9.59 Å². The molecule has 0 saturated heterocycles. The molecule has 8 nitrogen and oxygen atoms in total. The summed E-state index contributed by atoms with van der Waals surface area (Å²) >= 11 is 1.24. The number of carbonyl (C=O) groups is 2. The van der Waals surface area contributed by atoms with E-state index in [1.165, 1.54) is 18.2 Å². The molecule has 1 aliphatic rings. The van der Waals surface area contributed by atoms with Crippen molar-refractivity contribution < 1.29 is 9.59 Å². The second kappa shape index (κ2) is 8.98. The number of hydrogen-bond donors (Lipinski definition) is 2. The predicted octanol–water partition coefficient (Wildman–Crippen LogP) is 2.37. The lowest BCUT2D eigenvalue weighted by Gasteiger charge is -2.29. The molecule has 2 aromatic rings. The van der Waals surface area contributed by atoms with Crippen molar-refractivity contribution in [1.29, 1.82) is 0 Å². The molecular weight excluding hydrogens is 364 g/mol. The lowest BCUT2D eigenvalue weighted by atomic mass is 9.86. The highest BCUT2D eigenvalue weighted by molar-refractivity contribution is 7.99. The molecule has 0 radical (unpaired) electrons. The zero-order valence-electron chi connectivity index (χ0n) is 15.5. The Hall–Kier alpha value is -2.42. The minimum atomic E-state index is -0.423. The van der Waals surface area contributed by atoms with Gasteiger partial charge in [-0.25, -0.2) is 4.79 Å². The SMILES string of the molecule is C[C@@H]1CCCC[C@H]1NC(=O)NC(=O)CSc1nnc(-c2cccnc2)n1C. The van der Waals surface area contributed by atoms with Gasteiger partial charge in [-0.2, -0.15) is 0 Å². The van der Waals surface area contributed by atoms with E-state index in [2.05, 4.69) is 32.7 Å². The number of urea groups is 1. The number of hydrogen-bond acceptors (Lipinski definition) is 6. The fourth-order valence-corrected chi connectivity index (χ4v) is 3.93. The Bertz CT molecular complexity index is 794. The summed E-state index contributed by atoms with van der Waals surface area (Å²) in [5.74, 6) is 0.854. The fraction of sp³-hybridized carbons (Fsp3) is 0.500. The van der Waals surface area contributed by atoms with Crippen LogP contribution in [-0.2, 0) is 11.8 Å². The van der Waals surface area contributed by atoms with Crippen molar-refractivity contribution >= 4 is 23.7 Å². The summed E-state index contributed by atoms with van der Waals surface area (Å²) in [5, 5.41) is 14.2. The topological polar surface area (TPSA) is 102 Å². The zero-order valence-corrected chi connectivity index (χ0v) is 16.3. The Morgan fingerprint density at radius 1 is 1.30 bits per heavy atom. The fourth-order valence-electron chi connectivity index (χ4n) is 3.21. The van der Waals surface area contributed by atoms with Crippen LogP contribution in [0.15, 0.2) is 29.7 Å². The number of thioether (sulfide) groups is 1. The van der Waals surface area contributed by atoms with Crippen LogP contribution in [0.5, 0.6) is 0 Å². The van der Waals surface area contributed by atoms with Gasteiger partial charge in [0.2, 0.25) is 5.91 Å². The van der Waals surface area contributed by atoms with E-state index in [1.807, 2.05) is 19.2 Å². The maximum absolute atomic E-state index is 12.1. The van der Waals surface area contributed by atoms with Gasteiger partial charge in [-0.15, -0.1) is 10.2 Å². The molecule has 27 heavy (non-hydrogen) atoms. The minimum absolute atomic E-state index is 0.0899. The van der Waals surface area contributed by atoms with Crippen LogP contribution in [0.25, 0.3) is 11.4 Å². The number of pyridine rings is 1. The van der Waals surface area contributed by atoms with E-state index in [0.717, 1.165) is 24.8 Å². The van der Waals surface area contributed by atoms with Gasteiger partial charge in [-0.3, -0.25) is 15.1 Å². The molecule has 0 aliphatic heterocycles. The van der Waals surface area contributed by atoms with E-state index in [0.29, 0.717) is 16.9 Å². The van der Waals surface area contributed by atoms with Crippen molar-refractivity contribution in [3.05, 3.63) is 24.5 Å². The average Bonchev–Trinajstić information content (AvgIpc) is 3.03. The molecule has 0 bridgehead atoms. The molecule has 2 heterocycles. The first kappa shape index (κ1) is 19.3. The molecule has 0 aromatic carbocycles. The van der Waals surface area contributed by atoms with Crippen LogP contribution in [0.4, 0.5) is 4.79 Å². The third-order valence-electron chi connectivity index (χ3n) is 4.77. The number of nitrogens with one attached hydrogen (secondary N) is 2. The van der Waals surface area contributed by atoms with E-state index >= 15 is 0 Å². The van der Waals surface area contributed by atoms with Gasteiger partial charge in [0.25, 0.3) is 0 Å². The second-order valence-electron chi connectivity index (χ2n) is 6.79. The van der Waals surface area contributed by atoms with Crippen LogP contribution >= 0.6 is 11.8 Å². The number of rotatable bonds is 5. The molecule has 1 aliphatic carbocycles. The van der Waals surface area contributed by atoms with E-state index in [1.54, 1.807) is 17.0 Å². The monoisotopic (exact) mass is 388 g/mol. The Morgan fingerprint density at radius 3 is 2.85 bits per heavy atom. The molecule has 2 atom stereocenters. The highest BCUT2D eigenvalue weighted by atomic mass is 32.2. The van der Waals surface area contributed by atoms with Gasteiger partial charge in [0.05, 0.1) is 5.75 Å². The van der Waals surface area contributed by atoms with E-state index in [4.69, 9.17) is 0 Å². The van der Waals surface area contributed by atoms with Crippen LogP contribution in [0, 0.1) is 5.92 Å². The summed E-state index contributed by atoms with van der Waals surface area (Å²) in [7, 11) is 1.83. The smallest absolute Gasteiger partial charge is 0.321 e. The third-order valence-corrected chi connectivity index (χ3v) is 5.79. The average molecular weight is 388 g/mol. The minimum Gasteiger partial charge on any atom is -0.335 e. The number of aromatic nitrogens is 4. The van der Waals surface area contributed by atoms with Crippen molar-refractivity contribution in [3.63, 3.8) is 0 Å². The molecule has 1 fully saturated rings. The summed E-state index contributed by atoms with van der Waals surface area (Å²) in [6, 6.07) is 3.44. The summed E-state index contributed by atoms with van der Waals surface area (Å²) in [6.07, 6.45) is 7.80. The van der Waals surface area contributed by atoms with Gasteiger partial charge < -0.3 is 9.88 Å². The molecule has 3 amide bonds. The van der Waals surface area contributed by atoms with Crippen LogP contribution in [0.2, 0.25) is 0 Å². The first-order chi connectivity index (χ1) is 13.0. The van der Waals surface area contributed by atoms with Crippen LogP contribution in [0.1, 0.15) is 32.6 Å². The maximum atomic E-state index is 12.1. The largest absolute Gasteiger partial charge is 0.335 e. The van der Waals surface area contributed by atoms with Gasteiger partial charge >= 0.3 is 6.03 Å². The van der Waals surface area contributed by atoms with Gasteiger partial charge in [-0.05, 0) is 30.9 Å². The summed E-state index contributed by atoms with van der Waals surface area (Å²) in [4.78, 5) is 28.2. The van der Waals surface area contributed by atoms with Gasteiger partial charge in [0.15, 0.2) is 11.0 Å². The van der Waals surface area contributed by atoms with E-state index < -0.39 is 6.03 Å². The molecule has 0 spiro atoms. The van der Waals surface area contributed by atoms with Crippen molar-refractivity contribution in [2.24, 2.45) is 13.0 Å². The Morgan fingerprint density at radius 2 is 2.11 bits per heavy atom. The molecule has 144 valence electrons. The normalized spacial score (nSPS) is 19.5. The molecule has 1 saturated carbocycles. The lowest BCUT2D eigenvalue weighted by Crippen LogP contribution is -2.48. The third kappa shape index (κ3) is 5.06. The van der Waals surface area contributed by atoms with Crippen molar-refractivity contribution in [2.75, 3.05) is 5.75 Å². The molecular formula is C18H24N6O2S. The van der Waals surface area contributed by atoms with Crippen LogP contribution in [0.3, 0.4) is 0 Å². The first-order valence-corrected chi connectivity index (χ1v) is 10.1. The van der Waals surface area contributed by atoms with Crippen LogP contribution < -0.4 is 10.6 Å². The maximum Gasteiger partial charge on any atom is 0.321 e. The van der Waals surface area contributed by atoms with Gasteiger partial charge in [0.1, 0.15) is 0 Å². The Balaban J connectivity index is 1.49. The first-order valence-electron chi connectivity index (χ1n) is 9.07. The second-order valence-corrected chi connectivity index (χ2v) is 7.73. The number of amides is 3. The van der Waals surface area contributed by atoms with Crippen molar-refractivity contribution in [3.8, 4) is 11.4 Å². The zero-order chi connectivity index (χ0) is 19.2. The van der Waals surface area contributed by atoms with E-state index in [-0.39, 0.29) is 17.7 Å². The number of nitrogens with zero attached hydrogens (tertiary/aromatic N) is 4. The van der Waals surface area contributed by atoms with Gasteiger partial charge in [-0.1, -0.05) is 31.5 Å². The van der Waals surface area contributed by atoms with Crippen molar-refractivity contribution in [1.82, 2.24) is 30.4 Å². The number of carbonyl (C=O) groups excluding carboxylic acids is 2. The van der Waals surface area contributed by atoms with Crippen molar-refractivity contribution in [2.45, 2.75) is 43.8 Å². The predicted molar refractivity (Wildman–Crippen MR) is 103 cm³/mol. The highest BCUT2D eigenvalue weighted by Crippen LogP contribution is 2.24. The molecule has 2 aromatic heterocycles. The summed E-state index contributed by atoms with van der Waals surface area (Å²) < 4.78 is 1.80. The van der Waals surface area contributed by atoms with Gasteiger partial charge in [0, 0.05) is 31.0 Å². The standard InChI is InChI=1S/C18H24N6O2S/c1-12-6-3-4-8-14(12)20-17(26)21-15(25)11-27-18-23-22-16(24(18)2)13-7-5-9-19-10-13/h5,7,9-10,12,14H,3-4,6,8,11H2,1-2H3,(H2,20,21,25,26)/t12-,14-/m1/s1.